The minimum atomic E-state index is -0.990. The molecule has 1 atom stereocenters. The van der Waals surface area contributed by atoms with Crippen molar-refractivity contribution in [2.75, 3.05) is 6.61 Å². The summed E-state index contributed by atoms with van der Waals surface area (Å²) in [5, 5.41) is 18.7. The first-order chi connectivity index (χ1) is 10.4. The summed E-state index contributed by atoms with van der Waals surface area (Å²) in [6, 6.07) is 9.64. The molecular formula is C17H21NO4. The van der Waals surface area contributed by atoms with Crippen molar-refractivity contribution in [3.8, 4) is 6.07 Å². The van der Waals surface area contributed by atoms with Crippen molar-refractivity contribution in [3.05, 3.63) is 35.4 Å². The fourth-order valence-corrected chi connectivity index (χ4v) is 2.55. The molecule has 0 saturated heterocycles. The highest BCUT2D eigenvalue weighted by Crippen LogP contribution is 2.36. The Hall–Kier alpha value is -2.35. The highest BCUT2D eigenvalue weighted by Gasteiger charge is 2.34. The number of hydrogen-bond acceptors (Lipinski definition) is 4. The lowest BCUT2D eigenvalue weighted by Crippen LogP contribution is -2.28. The lowest BCUT2D eigenvalue weighted by atomic mass is 9.73. The van der Waals surface area contributed by atoms with E-state index in [9.17, 15) is 14.9 Å². The molecule has 22 heavy (non-hydrogen) atoms. The van der Waals surface area contributed by atoms with E-state index < -0.39 is 11.4 Å². The SMILES string of the molecule is CCOC(=O)CCC(C#N)(CCC(=O)O)c1ccccc1C. The van der Waals surface area contributed by atoms with Gasteiger partial charge in [-0.05, 0) is 37.8 Å². The van der Waals surface area contributed by atoms with Crippen LogP contribution in [0, 0.1) is 18.3 Å². The van der Waals surface area contributed by atoms with E-state index in [1.165, 1.54) is 0 Å². The Balaban J connectivity index is 3.08. The number of ether oxygens (including phenoxy) is 1. The van der Waals surface area contributed by atoms with E-state index in [1.54, 1.807) is 6.92 Å². The molecule has 0 amide bonds. The highest BCUT2D eigenvalue weighted by atomic mass is 16.5. The molecule has 1 N–H and O–H groups in total. The Morgan fingerprint density at radius 3 is 2.45 bits per heavy atom. The summed E-state index contributed by atoms with van der Waals surface area (Å²) in [6.07, 6.45) is 0.392. The Bertz CT molecular complexity index is 576. The normalized spacial score (nSPS) is 13.0. The van der Waals surface area contributed by atoms with Gasteiger partial charge in [0.25, 0.3) is 0 Å². The van der Waals surface area contributed by atoms with Crippen molar-refractivity contribution in [2.45, 2.75) is 44.9 Å². The molecule has 0 aliphatic rings. The van der Waals surface area contributed by atoms with Gasteiger partial charge in [0.05, 0.1) is 18.1 Å². The van der Waals surface area contributed by atoms with Crippen molar-refractivity contribution in [2.24, 2.45) is 0 Å². The molecule has 5 heteroatoms. The van der Waals surface area contributed by atoms with Crippen LogP contribution in [0.15, 0.2) is 24.3 Å². The van der Waals surface area contributed by atoms with Gasteiger partial charge in [-0.3, -0.25) is 9.59 Å². The molecule has 1 rings (SSSR count). The van der Waals surface area contributed by atoms with Gasteiger partial charge in [-0.2, -0.15) is 5.26 Å². The van der Waals surface area contributed by atoms with Gasteiger partial charge in [0.15, 0.2) is 0 Å². The quantitative estimate of drug-likeness (QED) is 0.746. The summed E-state index contributed by atoms with van der Waals surface area (Å²) >= 11 is 0. The van der Waals surface area contributed by atoms with Crippen LogP contribution in [-0.4, -0.2) is 23.7 Å². The average molecular weight is 303 g/mol. The summed E-state index contributed by atoms with van der Waals surface area (Å²) < 4.78 is 4.91. The molecule has 0 aromatic heterocycles. The molecule has 0 fully saturated rings. The van der Waals surface area contributed by atoms with Gasteiger partial charge < -0.3 is 9.84 Å². The van der Waals surface area contributed by atoms with Crippen molar-refractivity contribution in [1.82, 2.24) is 0 Å². The number of carbonyl (C=O) groups excluding carboxylic acids is 1. The van der Waals surface area contributed by atoms with Crippen LogP contribution in [0.1, 0.15) is 43.7 Å². The number of nitrogens with zero attached hydrogens (tertiary/aromatic N) is 1. The van der Waals surface area contributed by atoms with Crippen molar-refractivity contribution in [1.29, 1.82) is 5.26 Å². The molecule has 0 heterocycles. The van der Waals surface area contributed by atoms with Gasteiger partial charge >= 0.3 is 11.9 Å². The van der Waals surface area contributed by atoms with E-state index in [1.807, 2.05) is 31.2 Å². The summed E-state index contributed by atoms with van der Waals surface area (Å²) in [7, 11) is 0. The van der Waals surface area contributed by atoms with E-state index in [0.717, 1.165) is 11.1 Å². The summed E-state index contributed by atoms with van der Waals surface area (Å²) in [5.74, 6) is -1.32. The molecular weight excluding hydrogens is 282 g/mol. The molecule has 118 valence electrons. The zero-order valence-corrected chi connectivity index (χ0v) is 13.0. The standard InChI is InChI=1S/C17H21NO4/c1-3-22-16(21)9-11-17(12-18,10-8-15(19)20)14-7-5-4-6-13(14)2/h4-7H,3,8-11H2,1-2H3,(H,19,20). The summed E-state index contributed by atoms with van der Waals surface area (Å²) in [4.78, 5) is 22.5. The molecule has 0 radical (unpaired) electrons. The third-order valence-corrected chi connectivity index (χ3v) is 3.70. The van der Waals surface area contributed by atoms with Gasteiger partial charge in [-0.25, -0.2) is 0 Å². The van der Waals surface area contributed by atoms with Crippen LogP contribution in [0.4, 0.5) is 0 Å². The first-order valence-corrected chi connectivity index (χ1v) is 7.30. The number of carbonyl (C=O) groups is 2. The Kier molecular flexibility index (Phi) is 6.58. The molecule has 0 spiro atoms. The van der Waals surface area contributed by atoms with E-state index >= 15 is 0 Å². The molecule has 0 saturated carbocycles. The molecule has 0 aliphatic carbocycles. The van der Waals surface area contributed by atoms with Gasteiger partial charge in [-0.1, -0.05) is 24.3 Å². The number of carboxylic acid groups (broad SMARTS) is 1. The van der Waals surface area contributed by atoms with Crippen LogP contribution in [0.3, 0.4) is 0 Å². The predicted molar refractivity (Wildman–Crippen MR) is 81.2 cm³/mol. The van der Waals surface area contributed by atoms with Gasteiger partial charge in [0.1, 0.15) is 0 Å². The second-order valence-electron chi connectivity index (χ2n) is 5.21. The Labute approximate surface area is 130 Å². The lowest BCUT2D eigenvalue weighted by molar-refractivity contribution is -0.143. The third-order valence-electron chi connectivity index (χ3n) is 3.70. The van der Waals surface area contributed by atoms with Crippen LogP contribution in [0.25, 0.3) is 0 Å². The number of esters is 1. The molecule has 1 aromatic carbocycles. The summed E-state index contributed by atoms with van der Waals surface area (Å²) in [6.45, 7) is 3.89. The second-order valence-corrected chi connectivity index (χ2v) is 5.21. The van der Waals surface area contributed by atoms with E-state index in [2.05, 4.69) is 6.07 Å². The number of nitriles is 1. The van der Waals surface area contributed by atoms with E-state index in [0.29, 0.717) is 0 Å². The number of aryl methyl sites for hydroxylation is 1. The Morgan fingerprint density at radius 1 is 1.27 bits per heavy atom. The van der Waals surface area contributed by atoms with Crippen LogP contribution < -0.4 is 0 Å². The minimum Gasteiger partial charge on any atom is -0.481 e. The number of hydrogen-bond donors (Lipinski definition) is 1. The lowest BCUT2D eigenvalue weighted by Gasteiger charge is -2.28. The van der Waals surface area contributed by atoms with Gasteiger partial charge in [-0.15, -0.1) is 0 Å². The maximum absolute atomic E-state index is 11.6. The summed E-state index contributed by atoms with van der Waals surface area (Å²) in [5.41, 5.74) is 0.706. The highest BCUT2D eigenvalue weighted by molar-refractivity contribution is 5.70. The number of benzene rings is 1. The van der Waals surface area contributed by atoms with Crippen molar-refractivity contribution in [3.63, 3.8) is 0 Å². The maximum Gasteiger partial charge on any atom is 0.305 e. The van der Waals surface area contributed by atoms with Crippen LogP contribution in [0.2, 0.25) is 0 Å². The van der Waals surface area contributed by atoms with Crippen LogP contribution in [0.5, 0.6) is 0 Å². The molecule has 1 unspecified atom stereocenters. The van der Waals surface area contributed by atoms with Crippen LogP contribution >= 0.6 is 0 Å². The van der Waals surface area contributed by atoms with Gasteiger partial charge in [0, 0.05) is 12.8 Å². The largest absolute Gasteiger partial charge is 0.481 e. The third kappa shape index (κ3) is 4.59. The fourth-order valence-electron chi connectivity index (χ4n) is 2.55. The number of rotatable bonds is 8. The van der Waals surface area contributed by atoms with E-state index in [4.69, 9.17) is 9.84 Å². The smallest absolute Gasteiger partial charge is 0.305 e. The number of carboxylic acids is 1. The zero-order valence-electron chi connectivity index (χ0n) is 13.0. The van der Waals surface area contributed by atoms with Gasteiger partial charge in [0.2, 0.25) is 0 Å². The minimum absolute atomic E-state index is 0.0926. The number of aliphatic carboxylic acids is 1. The van der Waals surface area contributed by atoms with Crippen LogP contribution in [-0.2, 0) is 19.7 Å². The first kappa shape index (κ1) is 17.7. The fraction of sp³-hybridized carbons (Fsp3) is 0.471. The Morgan fingerprint density at radius 2 is 1.91 bits per heavy atom. The topological polar surface area (TPSA) is 87.4 Å². The average Bonchev–Trinajstić information content (AvgIpc) is 2.49. The zero-order chi connectivity index (χ0) is 16.6. The molecule has 5 nitrogen and oxygen atoms in total. The predicted octanol–water partition coefficient (Wildman–Crippen LogP) is 2.96. The first-order valence-electron chi connectivity index (χ1n) is 7.30. The van der Waals surface area contributed by atoms with E-state index in [-0.39, 0.29) is 38.3 Å². The van der Waals surface area contributed by atoms with Crippen molar-refractivity contribution >= 4 is 11.9 Å². The molecule has 1 aromatic rings. The molecule has 0 aliphatic heterocycles. The second kappa shape index (κ2) is 8.18. The molecule has 0 bridgehead atoms. The monoisotopic (exact) mass is 303 g/mol. The maximum atomic E-state index is 11.6. The van der Waals surface area contributed by atoms with Crippen molar-refractivity contribution < 1.29 is 19.4 Å².